The van der Waals surface area contributed by atoms with Crippen molar-refractivity contribution in [1.82, 2.24) is 14.5 Å². The van der Waals surface area contributed by atoms with Crippen LogP contribution >= 0.6 is 0 Å². The van der Waals surface area contributed by atoms with Crippen LogP contribution in [0.2, 0.25) is 0 Å². The second-order valence-corrected chi connectivity index (χ2v) is 6.59. The highest BCUT2D eigenvalue weighted by atomic mass is 19.3. The molecule has 28 heavy (non-hydrogen) atoms. The fourth-order valence-electron chi connectivity index (χ4n) is 3.00. The summed E-state index contributed by atoms with van der Waals surface area (Å²) in [6.07, 6.45) is 5.36. The summed E-state index contributed by atoms with van der Waals surface area (Å²) in [4.78, 5) is 13.1. The number of alkyl halides is 2. The number of nitriles is 1. The average molecular weight is 382 g/mol. The van der Waals surface area contributed by atoms with E-state index >= 15 is 0 Å². The van der Waals surface area contributed by atoms with Crippen LogP contribution in [0.1, 0.15) is 31.7 Å². The maximum atomic E-state index is 13.9. The molecule has 0 bridgehead atoms. The van der Waals surface area contributed by atoms with Gasteiger partial charge in [-0.2, -0.15) is 5.26 Å². The second-order valence-electron chi connectivity index (χ2n) is 6.59. The van der Waals surface area contributed by atoms with Gasteiger partial charge in [0.25, 0.3) is 5.92 Å². The number of fused-ring (bicyclic) bond motifs is 3. The molecule has 0 unspecified atom stereocenters. The molecule has 0 aliphatic heterocycles. The summed E-state index contributed by atoms with van der Waals surface area (Å²) in [5.41, 5.74) is 8.42. The first-order valence-electron chi connectivity index (χ1n) is 8.82. The van der Waals surface area contributed by atoms with E-state index in [0.29, 0.717) is 33.3 Å². The number of allylic oxidation sites excluding steroid dienone is 1. The van der Waals surface area contributed by atoms with E-state index in [9.17, 15) is 14.0 Å². The highest BCUT2D eigenvalue weighted by Gasteiger charge is 2.26. The van der Waals surface area contributed by atoms with Crippen LogP contribution in [0.3, 0.4) is 0 Å². The third-order valence-electron chi connectivity index (χ3n) is 4.33. The van der Waals surface area contributed by atoms with Gasteiger partial charge in [0.1, 0.15) is 11.3 Å². The number of pyridine rings is 1. The van der Waals surface area contributed by atoms with Crippen LogP contribution in [0.5, 0.6) is 0 Å². The van der Waals surface area contributed by atoms with E-state index in [4.69, 9.17) is 5.73 Å². The number of rotatable bonds is 6. The van der Waals surface area contributed by atoms with Crippen molar-refractivity contribution in [3.8, 4) is 6.07 Å². The lowest BCUT2D eigenvalue weighted by molar-refractivity contribution is 0.00430. The molecule has 0 radical (unpaired) electrons. The SMILES string of the molecule is CCC(C=NCc1nc2cnc3ccc(C#N)cc3c2n1CC(C)(F)F)=CN. The molecule has 0 spiro atoms. The zero-order chi connectivity index (χ0) is 20.3. The van der Waals surface area contributed by atoms with E-state index in [1.54, 1.807) is 30.6 Å². The number of imidazole rings is 1. The third kappa shape index (κ3) is 3.98. The fraction of sp³-hybridized carbons (Fsp3) is 0.300. The molecule has 8 heteroatoms. The zero-order valence-electron chi connectivity index (χ0n) is 15.7. The lowest BCUT2D eigenvalue weighted by Gasteiger charge is -2.15. The van der Waals surface area contributed by atoms with E-state index in [2.05, 4.69) is 21.0 Å². The Labute approximate surface area is 161 Å². The van der Waals surface area contributed by atoms with Crippen molar-refractivity contribution < 1.29 is 8.78 Å². The Balaban J connectivity index is 2.19. The summed E-state index contributed by atoms with van der Waals surface area (Å²) < 4.78 is 29.3. The number of hydrogen-bond acceptors (Lipinski definition) is 5. The van der Waals surface area contributed by atoms with Crippen molar-refractivity contribution in [1.29, 1.82) is 5.26 Å². The molecule has 0 aliphatic carbocycles. The monoisotopic (exact) mass is 382 g/mol. The summed E-state index contributed by atoms with van der Waals surface area (Å²) in [5, 5.41) is 9.81. The predicted octanol–water partition coefficient (Wildman–Crippen LogP) is 3.93. The van der Waals surface area contributed by atoms with Crippen LogP contribution in [0.4, 0.5) is 8.78 Å². The normalized spacial score (nSPS) is 12.9. The topological polar surface area (TPSA) is 92.9 Å². The molecule has 2 aromatic heterocycles. The van der Waals surface area contributed by atoms with Crippen molar-refractivity contribution in [2.24, 2.45) is 10.7 Å². The van der Waals surface area contributed by atoms with Crippen LogP contribution in [0.25, 0.3) is 21.9 Å². The molecule has 3 rings (SSSR count). The van der Waals surface area contributed by atoms with Gasteiger partial charge in [0, 0.05) is 18.5 Å². The van der Waals surface area contributed by atoms with E-state index in [-0.39, 0.29) is 6.54 Å². The molecule has 3 aromatic rings. The first-order chi connectivity index (χ1) is 13.4. The second kappa shape index (κ2) is 7.72. The first-order valence-corrected chi connectivity index (χ1v) is 8.82. The first kappa shape index (κ1) is 19.4. The van der Waals surface area contributed by atoms with Gasteiger partial charge in [-0.3, -0.25) is 9.98 Å². The molecule has 0 saturated carbocycles. The van der Waals surface area contributed by atoms with Gasteiger partial charge in [-0.25, -0.2) is 13.8 Å². The Kier molecular flexibility index (Phi) is 5.36. The Bertz CT molecular complexity index is 1120. The number of aromatic nitrogens is 3. The summed E-state index contributed by atoms with van der Waals surface area (Å²) in [6.45, 7) is 2.39. The van der Waals surface area contributed by atoms with Gasteiger partial charge in [0.05, 0.1) is 42.0 Å². The average Bonchev–Trinajstić information content (AvgIpc) is 3.01. The maximum absolute atomic E-state index is 13.9. The number of aliphatic imine (C=N–C) groups is 1. The molecule has 2 N–H and O–H groups in total. The van der Waals surface area contributed by atoms with Gasteiger partial charge >= 0.3 is 0 Å². The van der Waals surface area contributed by atoms with E-state index in [1.165, 1.54) is 10.8 Å². The number of nitrogens with two attached hydrogens (primary N) is 1. The molecule has 6 nitrogen and oxygen atoms in total. The minimum Gasteiger partial charge on any atom is -0.404 e. The van der Waals surface area contributed by atoms with Gasteiger partial charge in [0.15, 0.2) is 0 Å². The van der Waals surface area contributed by atoms with Gasteiger partial charge in [-0.15, -0.1) is 0 Å². The molecular weight excluding hydrogens is 362 g/mol. The van der Waals surface area contributed by atoms with Gasteiger partial charge in [0.2, 0.25) is 0 Å². The quantitative estimate of drug-likeness (QED) is 0.654. The number of benzene rings is 1. The number of nitrogens with zero attached hydrogens (tertiary/aromatic N) is 5. The highest BCUT2D eigenvalue weighted by Crippen LogP contribution is 2.28. The van der Waals surface area contributed by atoms with Crippen molar-refractivity contribution in [2.45, 2.75) is 39.3 Å². The summed E-state index contributed by atoms with van der Waals surface area (Å²) in [7, 11) is 0. The molecule has 0 atom stereocenters. The van der Waals surface area contributed by atoms with Crippen LogP contribution < -0.4 is 5.73 Å². The van der Waals surface area contributed by atoms with Gasteiger partial charge < -0.3 is 10.3 Å². The van der Waals surface area contributed by atoms with E-state index < -0.39 is 12.5 Å². The minimum atomic E-state index is -2.94. The predicted molar refractivity (Wildman–Crippen MR) is 105 cm³/mol. The summed E-state index contributed by atoms with van der Waals surface area (Å²) in [5.74, 6) is -2.54. The fourth-order valence-corrected chi connectivity index (χ4v) is 3.00. The molecule has 2 heterocycles. The largest absolute Gasteiger partial charge is 0.404 e. The Morgan fingerprint density at radius 3 is 2.82 bits per heavy atom. The van der Waals surface area contributed by atoms with Gasteiger partial charge in [-0.1, -0.05) is 6.92 Å². The molecular formula is C20H20F2N6. The third-order valence-corrected chi connectivity index (χ3v) is 4.33. The Morgan fingerprint density at radius 2 is 2.18 bits per heavy atom. The van der Waals surface area contributed by atoms with Crippen LogP contribution in [-0.4, -0.2) is 26.7 Å². The highest BCUT2D eigenvalue weighted by molar-refractivity contribution is 6.02. The lowest BCUT2D eigenvalue weighted by Crippen LogP contribution is -2.21. The van der Waals surface area contributed by atoms with Crippen LogP contribution in [0.15, 0.2) is 41.2 Å². The molecule has 144 valence electrons. The zero-order valence-corrected chi connectivity index (χ0v) is 15.7. The van der Waals surface area contributed by atoms with Crippen molar-refractivity contribution in [2.75, 3.05) is 0 Å². The van der Waals surface area contributed by atoms with Crippen molar-refractivity contribution >= 4 is 28.2 Å². The van der Waals surface area contributed by atoms with Crippen LogP contribution in [-0.2, 0) is 13.1 Å². The number of hydrogen-bond donors (Lipinski definition) is 1. The lowest BCUT2D eigenvalue weighted by atomic mass is 10.1. The molecule has 0 saturated heterocycles. The van der Waals surface area contributed by atoms with Crippen molar-refractivity contribution in [3.63, 3.8) is 0 Å². The summed E-state index contributed by atoms with van der Waals surface area (Å²) in [6, 6.07) is 7.07. The van der Waals surface area contributed by atoms with Crippen molar-refractivity contribution in [3.05, 3.63) is 47.6 Å². The van der Waals surface area contributed by atoms with Crippen LogP contribution in [0, 0.1) is 11.3 Å². The molecule has 0 fully saturated rings. The van der Waals surface area contributed by atoms with Gasteiger partial charge in [-0.05, 0) is 36.4 Å². The minimum absolute atomic E-state index is 0.127. The van der Waals surface area contributed by atoms with E-state index in [0.717, 1.165) is 18.9 Å². The molecule has 0 aliphatic rings. The Morgan fingerprint density at radius 1 is 1.39 bits per heavy atom. The maximum Gasteiger partial charge on any atom is 0.262 e. The number of halogens is 2. The molecule has 0 amide bonds. The molecule has 1 aromatic carbocycles. The summed E-state index contributed by atoms with van der Waals surface area (Å²) >= 11 is 0. The standard InChI is InChI=1S/C20H20F2N6/c1-3-13(7-23)9-25-11-18-27-17-10-26-16-5-4-14(8-24)6-15(16)19(17)28(18)12-20(2,21)22/h4-7,9-10H,3,11-12,23H2,1-2H3. The van der Waals surface area contributed by atoms with E-state index in [1.807, 2.05) is 6.92 Å². The Hall–Kier alpha value is -3.34. The smallest absolute Gasteiger partial charge is 0.262 e.